The van der Waals surface area contributed by atoms with E-state index in [1.807, 2.05) is 18.2 Å². The van der Waals surface area contributed by atoms with Gasteiger partial charge in [0.2, 0.25) is 0 Å². The summed E-state index contributed by atoms with van der Waals surface area (Å²) in [7, 11) is 0. The van der Waals surface area contributed by atoms with Gasteiger partial charge in [0.25, 0.3) is 0 Å². The quantitative estimate of drug-likeness (QED) is 0.206. The van der Waals surface area contributed by atoms with Gasteiger partial charge in [-0.1, -0.05) is 37.3 Å². The normalized spacial score (nSPS) is 15.7. The Balaban J connectivity index is 1.81. The Bertz CT molecular complexity index is 1420. The Hall–Kier alpha value is -3.37. The zero-order valence-corrected chi connectivity index (χ0v) is 24.4. The fourth-order valence-electron chi connectivity index (χ4n) is 4.76. The number of alkyl halides is 3. The van der Waals surface area contributed by atoms with Gasteiger partial charge in [-0.25, -0.2) is 4.79 Å². The van der Waals surface area contributed by atoms with E-state index in [1.165, 1.54) is 13.0 Å². The molecule has 10 heteroatoms. The minimum atomic E-state index is -4.55. The molecule has 224 valence electrons. The topological polar surface area (TPSA) is 118 Å². The van der Waals surface area contributed by atoms with Gasteiger partial charge in [0.05, 0.1) is 24.0 Å². The number of hydrogen-bond acceptors (Lipinski definition) is 7. The van der Waals surface area contributed by atoms with E-state index in [0.29, 0.717) is 16.5 Å². The van der Waals surface area contributed by atoms with Crippen molar-refractivity contribution in [1.29, 1.82) is 0 Å². The summed E-state index contributed by atoms with van der Waals surface area (Å²) >= 11 is 0. The zero-order chi connectivity index (χ0) is 30.9. The van der Waals surface area contributed by atoms with Crippen LogP contribution in [0.15, 0.2) is 63.8 Å². The molecular weight excluding hydrogens is 537 g/mol. The van der Waals surface area contributed by atoms with Crippen LogP contribution in [0.2, 0.25) is 0 Å². The lowest BCUT2D eigenvalue weighted by Crippen LogP contribution is -2.58. The summed E-state index contributed by atoms with van der Waals surface area (Å²) in [5.74, 6) is -0.538. The number of halogens is 3. The zero-order valence-electron chi connectivity index (χ0n) is 24.4. The fourth-order valence-corrected chi connectivity index (χ4v) is 4.76. The predicted molar refractivity (Wildman–Crippen MR) is 152 cm³/mol. The highest BCUT2D eigenvalue weighted by molar-refractivity contribution is 5.82. The molecule has 7 nitrogen and oxygen atoms in total. The molecule has 0 aliphatic rings. The summed E-state index contributed by atoms with van der Waals surface area (Å²) in [6.45, 7) is 8.72. The van der Waals surface area contributed by atoms with Crippen molar-refractivity contribution in [2.75, 3.05) is 13.2 Å². The van der Waals surface area contributed by atoms with E-state index in [9.17, 15) is 22.8 Å². The van der Waals surface area contributed by atoms with Crippen LogP contribution in [0.1, 0.15) is 54.4 Å². The molecule has 0 radical (unpaired) electrons. The SMILES string of the molecule is CC(C)(N)CC(C)(C(=O)OCC(C)(COc1ccc2cc(-c3ccccc3)c(=O)oc2c1)CC(F)(F)F)C(C)(C)N. The maximum absolute atomic E-state index is 13.6. The molecule has 0 saturated carbocycles. The van der Waals surface area contributed by atoms with E-state index in [-0.39, 0.29) is 17.8 Å². The van der Waals surface area contributed by atoms with Crippen LogP contribution in [0.4, 0.5) is 13.2 Å². The third kappa shape index (κ3) is 8.33. The molecule has 1 heterocycles. The molecule has 0 aliphatic heterocycles. The lowest BCUT2D eigenvalue weighted by atomic mass is 9.67. The number of esters is 1. The minimum absolute atomic E-state index is 0.156. The molecule has 2 unspecified atom stereocenters. The highest BCUT2D eigenvalue weighted by atomic mass is 19.4. The molecule has 0 amide bonds. The number of hydrogen-bond donors (Lipinski definition) is 2. The van der Waals surface area contributed by atoms with Gasteiger partial charge in [-0.15, -0.1) is 0 Å². The van der Waals surface area contributed by atoms with Crippen LogP contribution in [-0.4, -0.2) is 36.4 Å². The molecule has 2 atom stereocenters. The van der Waals surface area contributed by atoms with Gasteiger partial charge in [0.1, 0.15) is 17.9 Å². The smallest absolute Gasteiger partial charge is 0.389 e. The van der Waals surface area contributed by atoms with Gasteiger partial charge < -0.3 is 25.4 Å². The number of carbonyl (C=O) groups is 1. The van der Waals surface area contributed by atoms with E-state index < -0.39 is 59.3 Å². The molecule has 41 heavy (non-hydrogen) atoms. The van der Waals surface area contributed by atoms with Crippen LogP contribution in [-0.2, 0) is 9.53 Å². The molecule has 0 bridgehead atoms. The van der Waals surface area contributed by atoms with Crippen LogP contribution in [0.3, 0.4) is 0 Å². The second-order valence-electron chi connectivity index (χ2n) is 12.7. The molecule has 3 aromatic rings. The summed E-state index contributed by atoms with van der Waals surface area (Å²) in [5, 5.41) is 0.620. The van der Waals surface area contributed by atoms with E-state index in [2.05, 4.69) is 0 Å². The minimum Gasteiger partial charge on any atom is -0.493 e. The molecule has 0 saturated heterocycles. The van der Waals surface area contributed by atoms with Crippen LogP contribution < -0.4 is 21.8 Å². The van der Waals surface area contributed by atoms with Crippen molar-refractivity contribution >= 4 is 16.9 Å². The first-order valence-electron chi connectivity index (χ1n) is 13.3. The maximum Gasteiger partial charge on any atom is 0.389 e. The Kier molecular flexibility index (Phi) is 9.01. The van der Waals surface area contributed by atoms with Crippen molar-refractivity contribution in [2.45, 2.75) is 71.6 Å². The molecule has 0 spiro atoms. The van der Waals surface area contributed by atoms with Gasteiger partial charge in [-0.05, 0) is 64.8 Å². The summed E-state index contributed by atoms with van der Waals surface area (Å²) in [6, 6.07) is 15.4. The van der Waals surface area contributed by atoms with E-state index >= 15 is 0 Å². The lowest BCUT2D eigenvalue weighted by Gasteiger charge is -2.43. The molecule has 2 aromatic carbocycles. The van der Waals surface area contributed by atoms with E-state index in [1.54, 1.807) is 65.0 Å². The molecule has 4 N–H and O–H groups in total. The first kappa shape index (κ1) is 32.1. The van der Waals surface area contributed by atoms with Gasteiger partial charge in [-0.3, -0.25) is 4.79 Å². The third-order valence-corrected chi connectivity index (χ3v) is 7.24. The number of rotatable bonds is 11. The lowest BCUT2D eigenvalue weighted by molar-refractivity contribution is -0.181. The molecular formula is C31H39F3N2O5. The number of nitrogens with two attached hydrogens (primary N) is 2. The maximum atomic E-state index is 13.6. The monoisotopic (exact) mass is 576 g/mol. The summed E-state index contributed by atoms with van der Waals surface area (Å²) in [6.07, 6.45) is -5.66. The van der Waals surface area contributed by atoms with E-state index in [0.717, 1.165) is 0 Å². The Morgan fingerprint density at radius 3 is 2.07 bits per heavy atom. The Morgan fingerprint density at radius 2 is 1.51 bits per heavy atom. The van der Waals surface area contributed by atoms with Crippen molar-refractivity contribution in [1.82, 2.24) is 0 Å². The van der Waals surface area contributed by atoms with Crippen LogP contribution in [0, 0.1) is 10.8 Å². The van der Waals surface area contributed by atoms with Crippen LogP contribution >= 0.6 is 0 Å². The second-order valence-corrected chi connectivity index (χ2v) is 12.7. The summed E-state index contributed by atoms with van der Waals surface area (Å²) < 4.78 is 57.5. The van der Waals surface area contributed by atoms with Crippen LogP contribution in [0.5, 0.6) is 5.75 Å². The molecule has 3 rings (SSSR count). The van der Waals surface area contributed by atoms with Crippen molar-refractivity contribution in [3.8, 4) is 16.9 Å². The standard InChI is InChI=1S/C31H39F3N2O5/c1-27(2,35)16-30(6,28(3,4)36)26(38)40-19-29(5,17-31(32,33)34)18-39-22-13-12-21-14-23(20-10-8-7-9-11-20)25(37)41-24(21)15-22/h7-15H,16-19,35-36H2,1-6H3. The summed E-state index contributed by atoms with van der Waals surface area (Å²) in [4.78, 5) is 25.9. The second kappa shape index (κ2) is 11.5. The van der Waals surface area contributed by atoms with Crippen molar-refractivity contribution in [3.63, 3.8) is 0 Å². The highest BCUT2D eigenvalue weighted by Crippen LogP contribution is 2.40. The number of carbonyl (C=O) groups excluding carboxylic acids is 1. The Labute approximate surface area is 238 Å². The third-order valence-electron chi connectivity index (χ3n) is 7.24. The molecule has 0 aliphatic carbocycles. The first-order valence-corrected chi connectivity index (χ1v) is 13.3. The average Bonchev–Trinajstić information content (AvgIpc) is 2.83. The number of benzene rings is 2. The average molecular weight is 577 g/mol. The van der Waals surface area contributed by atoms with E-state index in [4.69, 9.17) is 25.4 Å². The van der Waals surface area contributed by atoms with Crippen molar-refractivity contribution < 1.29 is 31.9 Å². The Morgan fingerprint density at radius 1 is 0.878 bits per heavy atom. The fraction of sp³-hybridized carbons (Fsp3) is 0.484. The van der Waals surface area contributed by atoms with Crippen molar-refractivity contribution in [3.05, 3.63) is 65.0 Å². The molecule has 1 aromatic heterocycles. The van der Waals surface area contributed by atoms with Gasteiger partial charge in [0, 0.05) is 27.9 Å². The van der Waals surface area contributed by atoms with Crippen molar-refractivity contribution in [2.24, 2.45) is 22.3 Å². The summed E-state index contributed by atoms with van der Waals surface area (Å²) in [5.41, 5.74) is 8.48. The number of ether oxygens (including phenoxy) is 2. The van der Waals surface area contributed by atoms with Gasteiger partial charge >= 0.3 is 17.8 Å². The van der Waals surface area contributed by atoms with Gasteiger partial charge in [-0.2, -0.15) is 13.2 Å². The van der Waals surface area contributed by atoms with Gasteiger partial charge in [0.15, 0.2) is 0 Å². The van der Waals surface area contributed by atoms with Crippen LogP contribution in [0.25, 0.3) is 22.1 Å². The first-order chi connectivity index (χ1) is 18.7. The number of fused-ring (bicyclic) bond motifs is 1. The largest absolute Gasteiger partial charge is 0.493 e. The highest BCUT2D eigenvalue weighted by Gasteiger charge is 2.50. The molecule has 0 fully saturated rings. The predicted octanol–water partition coefficient (Wildman–Crippen LogP) is 6.21.